The Morgan fingerprint density at radius 3 is 1.78 bits per heavy atom. The van der Waals surface area contributed by atoms with Crippen molar-refractivity contribution in [3.63, 3.8) is 0 Å². The van der Waals surface area contributed by atoms with Crippen LogP contribution in [0.15, 0.2) is 265 Å². The first-order valence-electron chi connectivity index (χ1n) is 23.7. The largest absolute Gasteiger partial charge is 0.310 e. The van der Waals surface area contributed by atoms with Gasteiger partial charge in [-0.2, -0.15) is 0 Å². The summed E-state index contributed by atoms with van der Waals surface area (Å²) in [6.45, 7) is 6.07. The molecule has 1 aliphatic heterocycles. The summed E-state index contributed by atoms with van der Waals surface area (Å²) in [6, 6.07) is 87.7. The van der Waals surface area contributed by atoms with Crippen molar-refractivity contribution in [2.75, 3.05) is 4.90 Å². The lowest BCUT2D eigenvalue weighted by atomic mass is 9.66. The predicted octanol–water partition coefficient (Wildman–Crippen LogP) is 18.0. The van der Waals surface area contributed by atoms with Crippen molar-refractivity contribution in [1.82, 2.24) is 4.57 Å². The number of rotatable bonds is 8. The van der Waals surface area contributed by atoms with E-state index in [4.69, 9.17) is 0 Å². The first-order chi connectivity index (χ1) is 34.1. The Bertz CT molecular complexity index is 3790. The molecule has 2 heterocycles. The summed E-state index contributed by atoms with van der Waals surface area (Å²) in [5.74, 6) is 0. The second-order valence-electron chi connectivity index (χ2n) is 18.1. The molecular formula is C66H46N2S. The number of benzene rings is 10. The van der Waals surface area contributed by atoms with Gasteiger partial charge in [-0.05, 0) is 140 Å². The highest BCUT2D eigenvalue weighted by Gasteiger charge is 2.51. The third kappa shape index (κ3) is 6.42. The maximum absolute atomic E-state index is 3.94. The van der Waals surface area contributed by atoms with E-state index in [2.05, 4.69) is 266 Å². The van der Waals surface area contributed by atoms with Gasteiger partial charge in [0.25, 0.3) is 0 Å². The lowest BCUT2D eigenvalue weighted by Crippen LogP contribution is -2.32. The SMILES string of the molecule is C=C/C=C(\C)c1ccc(N(c2ccc(-c3ccccc3)cc2)c2ccc3c4ccccc4n(-c4cccc(-c5cccc6c5C5(c7ccccc7Sc7ccccc75)c5ccccc5-6)c4)c3c2)cc1. The Hall–Kier alpha value is -8.37. The summed E-state index contributed by atoms with van der Waals surface area (Å²) in [5.41, 5.74) is 21.3. The fraction of sp³-hybridized carbons (Fsp3) is 0.0303. The zero-order valence-electron chi connectivity index (χ0n) is 38.2. The van der Waals surface area contributed by atoms with Crippen LogP contribution in [0.25, 0.3) is 66.4 Å². The van der Waals surface area contributed by atoms with Gasteiger partial charge in [-0.1, -0.05) is 200 Å². The molecule has 1 spiro atoms. The summed E-state index contributed by atoms with van der Waals surface area (Å²) in [6.07, 6.45) is 3.91. The molecule has 2 aliphatic rings. The zero-order chi connectivity index (χ0) is 46.1. The number of allylic oxidation sites excluding steroid dienone is 3. The standard InChI is InChI=1S/C66H46N2S/c1-3-17-44(2)45-32-36-49(37-33-45)67(50-38-34-47(35-39-50)46-18-5-4-6-19-46)52-40-41-56-55-23-8-12-29-61(55)68(62(56)43-52)51-21-15-20-48(42-51)53-24-16-25-57-54-22-7-9-26-58(54)66(65(53)57)59-27-10-13-30-63(59)69-64-31-14-11-28-60(64)66/h3-43H,1H2,2H3/b44-17+. The number of hydrogen-bond acceptors (Lipinski definition) is 2. The third-order valence-corrected chi connectivity index (χ3v) is 15.5. The summed E-state index contributed by atoms with van der Waals surface area (Å²) in [5, 5.41) is 2.43. The zero-order valence-corrected chi connectivity index (χ0v) is 39.0. The topological polar surface area (TPSA) is 8.17 Å². The van der Waals surface area contributed by atoms with E-state index in [1.807, 2.05) is 17.8 Å². The van der Waals surface area contributed by atoms with Gasteiger partial charge in [0.15, 0.2) is 0 Å². The van der Waals surface area contributed by atoms with E-state index < -0.39 is 5.41 Å². The lowest BCUT2D eigenvalue weighted by Gasteiger charge is -2.40. The van der Waals surface area contributed by atoms with Crippen LogP contribution in [-0.2, 0) is 5.41 Å². The molecule has 0 unspecified atom stereocenters. The summed E-state index contributed by atoms with van der Waals surface area (Å²) in [4.78, 5) is 4.99. The van der Waals surface area contributed by atoms with Gasteiger partial charge >= 0.3 is 0 Å². The first kappa shape index (κ1) is 40.9. The van der Waals surface area contributed by atoms with Crippen molar-refractivity contribution < 1.29 is 0 Å². The molecule has 0 bridgehead atoms. The molecule has 13 rings (SSSR count). The Morgan fingerprint density at radius 2 is 1.03 bits per heavy atom. The molecule has 3 heteroatoms. The van der Waals surface area contributed by atoms with E-state index in [1.54, 1.807) is 0 Å². The Morgan fingerprint density at radius 1 is 0.464 bits per heavy atom. The monoisotopic (exact) mass is 898 g/mol. The molecule has 0 saturated heterocycles. The molecule has 326 valence electrons. The van der Waals surface area contributed by atoms with Gasteiger partial charge in [0.05, 0.1) is 16.4 Å². The van der Waals surface area contributed by atoms with Crippen LogP contribution in [0, 0.1) is 0 Å². The molecule has 0 radical (unpaired) electrons. The Balaban J connectivity index is 1.00. The van der Waals surface area contributed by atoms with E-state index in [0.29, 0.717) is 0 Å². The fourth-order valence-electron chi connectivity index (χ4n) is 11.4. The van der Waals surface area contributed by atoms with Gasteiger partial charge in [0.1, 0.15) is 0 Å². The van der Waals surface area contributed by atoms with E-state index in [0.717, 1.165) is 28.3 Å². The van der Waals surface area contributed by atoms with Gasteiger partial charge in [-0.15, -0.1) is 0 Å². The van der Waals surface area contributed by atoms with E-state index in [1.165, 1.54) is 92.9 Å². The number of fused-ring (bicyclic) bond motifs is 12. The van der Waals surface area contributed by atoms with Crippen molar-refractivity contribution in [3.8, 4) is 39.1 Å². The number of hydrogen-bond donors (Lipinski definition) is 0. The average molecular weight is 899 g/mol. The molecule has 0 N–H and O–H groups in total. The number of nitrogens with zero attached hydrogens (tertiary/aromatic N) is 2. The quantitative estimate of drug-likeness (QED) is 0.140. The molecule has 2 nitrogen and oxygen atoms in total. The molecule has 0 atom stereocenters. The second kappa shape index (κ2) is 16.4. The van der Waals surface area contributed by atoms with Crippen LogP contribution >= 0.6 is 11.8 Å². The molecule has 11 aromatic rings. The smallest absolute Gasteiger partial charge is 0.0741 e. The third-order valence-electron chi connectivity index (χ3n) is 14.4. The molecule has 1 aromatic heterocycles. The van der Waals surface area contributed by atoms with Gasteiger partial charge in [0, 0.05) is 43.3 Å². The van der Waals surface area contributed by atoms with Gasteiger partial charge in [-0.25, -0.2) is 0 Å². The van der Waals surface area contributed by atoms with Crippen LogP contribution in [0.4, 0.5) is 17.1 Å². The molecule has 0 fully saturated rings. The highest BCUT2D eigenvalue weighted by molar-refractivity contribution is 7.99. The van der Waals surface area contributed by atoms with Gasteiger partial charge < -0.3 is 9.47 Å². The fourth-order valence-corrected chi connectivity index (χ4v) is 12.6. The second-order valence-corrected chi connectivity index (χ2v) is 19.2. The normalized spacial score (nSPS) is 13.2. The van der Waals surface area contributed by atoms with Crippen LogP contribution in [0.3, 0.4) is 0 Å². The average Bonchev–Trinajstić information content (AvgIpc) is 3.90. The molecule has 69 heavy (non-hydrogen) atoms. The highest BCUT2D eigenvalue weighted by atomic mass is 32.2. The molecule has 1 aliphatic carbocycles. The molecule has 0 amide bonds. The maximum Gasteiger partial charge on any atom is 0.0741 e. The summed E-state index contributed by atoms with van der Waals surface area (Å²) in [7, 11) is 0. The molecule has 0 saturated carbocycles. The highest BCUT2D eigenvalue weighted by Crippen LogP contribution is 2.64. The van der Waals surface area contributed by atoms with E-state index in [-0.39, 0.29) is 0 Å². The minimum absolute atomic E-state index is 0.486. The maximum atomic E-state index is 3.94. The summed E-state index contributed by atoms with van der Waals surface area (Å²) < 4.78 is 2.47. The first-order valence-corrected chi connectivity index (χ1v) is 24.5. The van der Waals surface area contributed by atoms with Crippen LogP contribution < -0.4 is 4.90 Å². The van der Waals surface area contributed by atoms with Crippen LogP contribution in [0.5, 0.6) is 0 Å². The van der Waals surface area contributed by atoms with Gasteiger partial charge in [-0.3, -0.25) is 0 Å². The molecule has 10 aromatic carbocycles. The van der Waals surface area contributed by atoms with Crippen molar-refractivity contribution in [2.45, 2.75) is 22.1 Å². The number of anilines is 3. The van der Waals surface area contributed by atoms with Crippen molar-refractivity contribution in [3.05, 3.63) is 283 Å². The van der Waals surface area contributed by atoms with Crippen LogP contribution in [0.2, 0.25) is 0 Å². The minimum Gasteiger partial charge on any atom is -0.310 e. The summed E-state index contributed by atoms with van der Waals surface area (Å²) >= 11 is 1.89. The van der Waals surface area contributed by atoms with E-state index >= 15 is 0 Å². The van der Waals surface area contributed by atoms with Crippen LogP contribution in [-0.4, -0.2) is 4.57 Å². The van der Waals surface area contributed by atoms with Crippen molar-refractivity contribution in [2.24, 2.45) is 0 Å². The molecular weight excluding hydrogens is 853 g/mol. The predicted molar refractivity (Wildman–Crippen MR) is 292 cm³/mol. The Labute approximate surface area is 407 Å². The van der Waals surface area contributed by atoms with Crippen molar-refractivity contribution >= 4 is 56.2 Å². The van der Waals surface area contributed by atoms with Crippen LogP contribution in [0.1, 0.15) is 34.7 Å². The Kier molecular flexibility index (Phi) is 9.74. The van der Waals surface area contributed by atoms with Crippen molar-refractivity contribution in [1.29, 1.82) is 0 Å². The number of para-hydroxylation sites is 1. The minimum atomic E-state index is -0.486. The lowest BCUT2D eigenvalue weighted by molar-refractivity contribution is 0.724. The van der Waals surface area contributed by atoms with Gasteiger partial charge in [0.2, 0.25) is 0 Å². The van der Waals surface area contributed by atoms with E-state index in [9.17, 15) is 0 Å². The number of aromatic nitrogens is 1.